The first-order valence-corrected chi connectivity index (χ1v) is 6.38. The fourth-order valence-corrected chi connectivity index (χ4v) is 1.37. The SMILES string of the molecule is C=C=C(C=O)[Si](C)(C)C. The second-order valence-electron chi connectivity index (χ2n) is 2.96. The van der Waals surface area contributed by atoms with Gasteiger partial charge in [-0.15, -0.1) is 5.73 Å². The number of hydrogen-bond donors (Lipinski definition) is 0. The molecule has 0 amide bonds. The van der Waals surface area contributed by atoms with Crippen LogP contribution in [-0.2, 0) is 4.79 Å². The molecular formula is C7H12OSi. The van der Waals surface area contributed by atoms with Crippen molar-refractivity contribution < 1.29 is 4.79 Å². The van der Waals surface area contributed by atoms with Crippen LogP contribution in [0.1, 0.15) is 0 Å². The molecule has 0 aromatic rings. The van der Waals surface area contributed by atoms with Gasteiger partial charge in [-0.2, -0.15) is 0 Å². The Hall–Kier alpha value is -0.593. The van der Waals surface area contributed by atoms with Crippen LogP contribution in [-0.4, -0.2) is 14.4 Å². The van der Waals surface area contributed by atoms with E-state index in [4.69, 9.17) is 0 Å². The normalized spacial score (nSPS) is 10.1. The van der Waals surface area contributed by atoms with Crippen molar-refractivity contribution in [1.82, 2.24) is 0 Å². The lowest BCUT2D eigenvalue weighted by molar-refractivity contribution is -0.104. The lowest BCUT2D eigenvalue weighted by Gasteiger charge is -2.11. The molecule has 0 aromatic heterocycles. The maximum atomic E-state index is 10.3. The molecule has 0 saturated carbocycles. The molecule has 0 aliphatic heterocycles. The lowest BCUT2D eigenvalue weighted by Crippen LogP contribution is -2.24. The van der Waals surface area contributed by atoms with Crippen LogP contribution in [0.15, 0.2) is 17.5 Å². The molecular weight excluding hydrogens is 128 g/mol. The summed E-state index contributed by atoms with van der Waals surface area (Å²) in [7, 11) is -1.41. The third kappa shape index (κ3) is 2.45. The summed E-state index contributed by atoms with van der Waals surface area (Å²) in [5, 5.41) is 0.766. The molecule has 9 heavy (non-hydrogen) atoms. The molecule has 0 saturated heterocycles. The Balaban J connectivity index is 4.53. The van der Waals surface area contributed by atoms with Gasteiger partial charge >= 0.3 is 0 Å². The molecule has 0 aliphatic carbocycles. The van der Waals surface area contributed by atoms with Gasteiger partial charge in [-0.05, 0) is 0 Å². The standard InChI is InChI=1S/C7H12OSi/c1-5-7(6-8)9(2,3)4/h6H,1H2,2-4H3. The van der Waals surface area contributed by atoms with E-state index in [0.29, 0.717) is 0 Å². The van der Waals surface area contributed by atoms with Crippen LogP contribution in [0, 0.1) is 0 Å². The Kier molecular flexibility index (Phi) is 2.62. The second kappa shape index (κ2) is 2.81. The maximum absolute atomic E-state index is 10.3. The Bertz CT molecular complexity index is 158. The monoisotopic (exact) mass is 140 g/mol. The van der Waals surface area contributed by atoms with Crippen molar-refractivity contribution in [3.63, 3.8) is 0 Å². The molecule has 1 nitrogen and oxygen atoms in total. The van der Waals surface area contributed by atoms with Crippen molar-refractivity contribution in [2.45, 2.75) is 19.6 Å². The molecule has 0 unspecified atom stereocenters. The summed E-state index contributed by atoms with van der Waals surface area (Å²) in [6.07, 6.45) is 0.860. The van der Waals surface area contributed by atoms with Crippen molar-refractivity contribution in [1.29, 1.82) is 0 Å². The molecule has 0 atom stereocenters. The highest BCUT2D eigenvalue weighted by Gasteiger charge is 2.17. The van der Waals surface area contributed by atoms with Crippen LogP contribution in [0.4, 0.5) is 0 Å². The minimum atomic E-state index is -1.41. The van der Waals surface area contributed by atoms with E-state index in [1.807, 2.05) is 0 Å². The highest BCUT2D eigenvalue weighted by atomic mass is 28.3. The Labute approximate surface area is 57.1 Å². The molecule has 0 rings (SSSR count). The van der Waals surface area contributed by atoms with Gasteiger partial charge in [-0.3, -0.25) is 4.79 Å². The summed E-state index contributed by atoms with van der Waals surface area (Å²) in [4.78, 5) is 10.3. The average molecular weight is 140 g/mol. The van der Waals surface area contributed by atoms with Crippen molar-refractivity contribution >= 4 is 14.4 Å². The first-order valence-electron chi connectivity index (χ1n) is 2.88. The highest BCUT2D eigenvalue weighted by Crippen LogP contribution is 2.09. The lowest BCUT2D eigenvalue weighted by atomic mass is 10.7. The molecule has 2 heteroatoms. The minimum Gasteiger partial charge on any atom is -0.298 e. The van der Waals surface area contributed by atoms with E-state index in [-0.39, 0.29) is 0 Å². The summed E-state index contributed by atoms with van der Waals surface area (Å²) in [5.41, 5.74) is 2.65. The number of allylic oxidation sites excluding steroid dienone is 1. The van der Waals surface area contributed by atoms with E-state index in [0.717, 1.165) is 11.5 Å². The topological polar surface area (TPSA) is 17.1 Å². The van der Waals surface area contributed by atoms with Gasteiger partial charge in [0, 0.05) is 5.20 Å². The second-order valence-corrected chi connectivity index (χ2v) is 8.00. The zero-order chi connectivity index (χ0) is 7.49. The minimum absolute atomic E-state index is 0.766. The van der Waals surface area contributed by atoms with Gasteiger partial charge < -0.3 is 0 Å². The summed E-state index contributed by atoms with van der Waals surface area (Å²) in [6, 6.07) is 0. The van der Waals surface area contributed by atoms with Gasteiger partial charge in [0.2, 0.25) is 0 Å². The van der Waals surface area contributed by atoms with E-state index in [1.165, 1.54) is 0 Å². The van der Waals surface area contributed by atoms with Crippen molar-refractivity contribution in [2.75, 3.05) is 0 Å². The van der Waals surface area contributed by atoms with Crippen molar-refractivity contribution in [3.8, 4) is 0 Å². The molecule has 0 N–H and O–H groups in total. The number of carbonyl (C=O) groups excluding carboxylic acids is 1. The van der Waals surface area contributed by atoms with Crippen molar-refractivity contribution in [2.24, 2.45) is 0 Å². The van der Waals surface area contributed by atoms with Gasteiger partial charge in [0.15, 0.2) is 0 Å². The fraction of sp³-hybridized carbons (Fsp3) is 0.429. The summed E-state index contributed by atoms with van der Waals surface area (Å²) < 4.78 is 0. The van der Waals surface area contributed by atoms with Crippen LogP contribution < -0.4 is 0 Å². The third-order valence-corrected chi connectivity index (χ3v) is 3.03. The van der Waals surface area contributed by atoms with Crippen LogP contribution in [0.5, 0.6) is 0 Å². The van der Waals surface area contributed by atoms with Crippen LogP contribution >= 0.6 is 0 Å². The molecule has 0 aromatic carbocycles. The first kappa shape index (κ1) is 8.41. The van der Waals surface area contributed by atoms with E-state index in [2.05, 4.69) is 32.0 Å². The van der Waals surface area contributed by atoms with Gasteiger partial charge in [-0.1, -0.05) is 26.2 Å². The molecule has 0 fully saturated rings. The number of rotatable bonds is 2. The van der Waals surface area contributed by atoms with E-state index in [1.54, 1.807) is 0 Å². The van der Waals surface area contributed by atoms with Crippen LogP contribution in [0.3, 0.4) is 0 Å². The predicted molar refractivity (Wildman–Crippen MR) is 42.1 cm³/mol. The van der Waals surface area contributed by atoms with E-state index < -0.39 is 8.07 Å². The zero-order valence-electron chi connectivity index (χ0n) is 6.19. The molecule has 0 bridgehead atoms. The largest absolute Gasteiger partial charge is 0.298 e. The quantitative estimate of drug-likeness (QED) is 0.247. The maximum Gasteiger partial charge on any atom is 0.149 e. The smallest absolute Gasteiger partial charge is 0.149 e. The van der Waals surface area contributed by atoms with Crippen LogP contribution in [0.25, 0.3) is 0 Å². The average Bonchev–Trinajstić information content (AvgIpc) is 1.65. The molecule has 0 spiro atoms. The highest BCUT2D eigenvalue weighted by molar-refractivity contribution is 6.86. The number of hydrogen-bond acceptors (Lipinski definition) is 1. The van der Waals surface area contributed by atoms with Gasteiger partial charge in [0.1, 0.15) is 6.29 Å². The number of aldehydes is 1. The molecule has 0 aliphatic rings. The number of carbonyl (C=O) groups is 1. The Morgan fingerprint density at radius 1 is 1.56 bits per heavy atom. The van der Waals surface area contributed by atoms with Gasteiger partial charge in [0.25, 0.3) is 0 Å². The molecule has 0 heterocycles. The molecule has 50 valence electrons. The van der Waals surface area contributed by atoms with Gasteiger partial charge in [-0.25, -0.2) is 0 Å². The van der Waals surface area contributed by atoms with E-state index in [9.17, 15) is 4.79 Å². The summed E-state index contributed by atoms with van der Waals surface area (Å²) in [5.74, 6) is 0. The van der Waals surface area contributed by atoms with Crippen LogP contribution in [0.2, 0.25) is 19.6 Å². The predicted octanol–water partition coefficient (Wildman–Crippen LogP) is 1.77. The summed E-state index contributed by atoms with van der Waals surface area (Å²) >= 11 is 0. The third-order valence-electron chi connectivity index (χ3n) is 1.12. The zero-order valence-corrected chi connectivity index (χ0v) is 7.19. The van der Waals surface area contributed by atoms with E-state index >= 15 is 0 Å². The van der Waals surface area contributed by atoms with Gasteiger partial charge in [0.05, 0.1) is 8.07 Å². The van der Waals surface area contributed by atoms with Crippen molar-refractivity contribution in [3.05, 3.63) is 17.5 Å². The Morgan fingerprint density at radius 3 is 2.00 bits per heavy atom. The fourth-order valence-electron chi connectivity index (χ4n) is 0.484. The summed E-state index contributed by atoms with van der Waals surface area (Å²) in [6.45, 7) is 9.72. The Morgan fingerprint density at radius 2 is 2.00 bits per heavy atom. The first-order chi connectivity index (χ1) is 4.02. The molecule has 0 radical (unpaired) electrons.